The van der Waals surface area contributed by atoms with Gasteiger partial charge in [0.15, 0.2) is 0 Å². The summed E-state index contributed by atoms with van der Waals surface area (Å²) >= 11 is 0. The number of pyridine rings is 1. The Labute approximate surface area is 111 Å². The molecule has 100 valence electrons. The zero-order valence-electron chi connectivity index (χ0n) is 11.3. The van der Waals surface area contributed by atoms with E-state index >= 15 is 0 Å². The Bertz CT molecular complexity index is 603. The standard InChI is InChI=1S/C14H17N3O2/c1-9(2)11-7-13(18)17-12(16-11)6-10-4-5-14(19-3)15-8-10/h4-5,7-9H,6H2,1-3H3,(H,16,17,18). The number of rotatable bonds is 4. The van der Waals surface area contributed by atoms with Crippen molar-refractivity contribution < 1.29 is 4.74 Å². The van der Waals surface area contributed by atoms with E-state index in [9.17, 15) is 4.79 Å². The highest BCUT2D eigenvalue weighted by molar-refractivity contribution is 5.21. The first-order valence-corrected chi connectivity index (χ1v) is 6.17. The summed E-state index contributed by atoms with van der Waals surface area (Å²) in [6, 6.07) is 5.24. The minimum absolute atomic E-state index is 0.116. The van der Waals surface area contributed by atoms with Crippen LogP contribution in [0.2, 0.25) is 0 Å². The summed E-state index contributed by atoms with van der Waals surface area (Å²) in [5.41, 5.74) is 1.67. The summed E-state index contributed by atoms with van der Waals surface area (Å²) in [4.78, 5) is 22.9. The maximum Gasteiger partial charge on any atom is 0.251 e. The molecule has 0 saturated carbocycles. The number of H-pyrrole nitrogens is 1. The van der Waals surface area contributed by atoms with E-state index in [1.54, 1.807) is 25.4 Å². The van der Waals surface area contributed by atoms with Crippen molar-refractivity contribution in [1.82, 2.24) is 15.0 Å². The molecule has 0 bridgehead atoms. The van der Waals surface area contributed by atoms with Crippen LogP contribution in [0.1, 0.15) is 36.8 Å². The first-order valence-electron chi connectivity index (χ1n) is 6.17. The van der Waals surface area contributed by atoms with E-state index in [4.69, 9.17) is 4.74 Å². The number of ether oxygens (including phenoxy) is 1. The summed E-state index contributed by atoms with van der Waals surface area (Å²) in [6.07, 6.45) is 2.27. The molecule has 0 amide bonds. The first kappa shape index (κ1) is 13.3. The highest BCUT2D eigenvalue weighted by Gasteiger charge is 2.06. The van der Waals surface area contributed by atoms with E-state index in [-0.39, 0.29) is 11.5 Å². The second kappa shape index (κ2) is 5.65. The van der Waals surface area contributed by atoms with Crippen LogP contribution in [0.4, 0.5) is 0 Å². The molecule has 5 nitrogen and oxygen atoms in total. The van der Waals surface area contributed by atoms with Gasteiger partial charge in [0.2, 0.25) is 5.88 Å². The van der Waals surface area contributed by atoms with Gasteiger partial charge in [-0.25, -0.2) is 9.97 Å². The van der Waals surface area contributed by atoms with Gasteiger partial charge in [0.05, 0.1) is 12.8 Å². The number of aromatic amines is 1. The van der Waals surface area contributed by atoms with Crippen LogP contribution in [-0.4, -0.2) is 22.1 Å². The van der Waals surface area contributed by atoms with E-state index in [1.807, 2.05) is 19.9 Å². The van der Waals surface area contributed by atoms with Crippen molar-refractivity contribution in [2.75, 3.05) is 7.11 Å². The summed E-state index contributed by atoms with van der Waals surface area (Å²) in [5.74, 6) is 1.46. The lowest BCUT2D eigenvalue weighted by atomic mass is 10.1. The van der Waals surface area contributed by atoms with Crippen LogP contribution in [-0.2, 0) is 6.42 Å². The number of aromatic nitrogens is 3. The predicted octanol–water partition coefficient (Wildman–Crippen LogP) is 1.89. The smallest absolute Gasteiger partial charge is 0.251 e. The summed E-state index contributed by atoms with van der Waals surface area (Å²) in [6.45, 7) is 4.03. The summed E-state index contributed by atoms with van der Waals surface area (Å²) in [7, 11) is 1.58. The molecule has 0 atom stereocenters. The Morgan fingerprint density at radius 1 is 1.37 bits per heavy atom. The van der Waals surface area contributed by atoms with Gasteiger partial charge in [-0.1, -0.05) is 19.9 Å². The van der Waals surface area contributed by atoms with Crippen LogP contribution in [0.25, 0.3) is 0 Å². The monoisotopic (exact) mass is 259 g/mol. The normalized spacial score (nSPS) is 10.7. The van der Waals surface area contributed by atoms with E-state index < -0.39 is 0 Å². The van der Waals surface area contributed by atoms with Crippen molar-refractivity contribution in [2.24, 2.45) is 0 Å². The molecule has 1 N–H and O–H groups in total. The molecule has 0 aliphatic heterocycles. The fourth-order valence-electron chi connectivity index (χ4n) is 1.74. The molecule has 0 aliphatic rings. The molecule has 0 aromatic carbocycles. The predicted molar refractivity (Wildman–Crippen MR) is 72.5 cm³/mol. The molecule has 2 rings (SSSR count). The van der Waals surface area contributed by atoms with Crippen LogP contribution < -0.4 is 10.3 Å². The summed E-state index contributed by atoms with van der Waals surface area (Å²) in [5, 5.41) is 0. The van der Waals surface area contributed by atoms with Gasteiger partial charge in [-0.3, -0.25) is 4.79 Å². The number of methoxy groups -OCH3 is 1. The lowest BCUT2D eigenvalue weighted by Gasteiger charge is -2.07. The van der Waals surface area contributed by atoms with Crippen molar-refractivity contribution >= 4 is 0 Å². The molecule has 5 heteroatoms. The first-order chi connectivity index (χ1) is 9.08. The fraction of sp³-hybridized carbons (Fsp3) is 0.357. The van der Waals surface area contributed by atoms with E-state index in [0.717, 1.165) is 11.3 Å². The number of hydrogen-bond donors (Lipinski definition) is 1. The van der Waals surface area contributed by atoms with Crippen LogP contribution in [0.3, 0.4) is 0 Å². The molecule has 0 radical (unpaired) electrons. The topological polar surface area (TPSA) is 67.9 Å². The van der Waals surface area contributed by atoms with Gasteiger partial charge in [-0.05, 0) is 11.5 Å². The molecule has 2 aromatic heterocycles. The molecule has 0 aliphatic carbocycles. The highest BCUT2D eigenvalue weighted by Crippen LogP contribution is 2.12. The molecule has 0 fully saturated rings. The van der Waals surface area contributed by atoms with E-state index in [0.29, 0.717) is 18.1 Å². The fourth-order valence-corrected chi connectivity index (χ4v) is 1.74. The molecule has 19 heavy (non-hydrogen) atoms. The van der Waals surface area contributed by atoms with Crippen molar-refractivity contribution in [2.45, 2.75) is 26.2 Å². The molecule has 0 spiro atoms. The SMILES string of the molecule is COc1ccc(Cc2nc(C(C)C)cc(=O)[nH]2)cn1. The quantitative estimate of drug-likeness (QED) is 0.910. The molecule has 0 saturated heterocycles. The Hall–Kier alpha value is -2.17. The second-order valence-electron chi connectivity index (χ2n) is 4.66. The highest BCUT2D eigenvalue weighted by atomic mass is 16.5. The second-order valence-corrected chi connectivity index (χ2v) is 4.66. The van der Waals surface area contributed by atoms with Crippen molar-refractivity contribution in [3.63, 3.8) is 0 Å². The maximum absolute atomic E-state index is 11.6. The number of nitrogens with one attached hydrogen (secondary N) is 1. The van der Waals surface area contributed by atoms with Gasteiger partial charge in [0.1, 0.15) is 5.82 Å². The number of nitrogens with zero attached hydrogens (tertiary/aromatic N) is 2. The Kier molecular flexibility index (Phi) is 3.94. The van der Waals surface area contributed by atoms with Crippen LogP contribution in [0.15, 0.2) is 29.2 Å². The Morgan fingerprint density at radius 3 is 2.74 bits per heavy atom. The van der Waals surface area contributed by atoms with Gasteiger partial charge in [-0.15, -0.1) is 0 Å². The third-order valence-electron chi connectivity index (χ3n) is 2.78. The average Bonchev–Trinajstić information content (AvgIpc) is 2.39. The minimum atomic E-state index is -0.116. The van der Waals surface area contributed by atoms with Gasteiger partial charge < -0.3 is 9.72 Å². The summed E-state index contributed by atoms with van der Waals surface area (Å²) < 4.78 is 5.00. The molecular weight excluding hydrogens is 242 g/mol. The van der Waals surface area contributed by atoms with Crippen LogP contribution >= 0.6 is 0 Å². The van der Waals surface area contributed by atoms with Gasteiger partial charge in [-0.2, -0.15) is 0 Å². The third-order valence-corrected chi connectivity index (χ3v) is 2.78. The minimum Gasteiger partial charge on any atom is -0.481 e. The maximum atomic E-state index is 11.6. The Balaban J connectivity index is 2.24. The van der Waals surface area contributed by atoms with E-state index in [1.165, 1.54) is 0 Å². The molecule has 2 aromatic rings. The van der Waals surface area contributed by atoms with Crippen molar-refractivity contribution in [1.29, 1.82) is 0 Å². The largest absolute Gasteiger partial charge is 0.481 e. The lowest BCUT2D eigenvalue weighted by molar-refractivity contribution is 0.397. The molecule has 0 unspecified atom stereocenters. The zero-order valence-corrected chi connectivity index (χ0v) is 11.3. The average molecular weight is 259 g/mol. The third kappa shape index (κ3) is 3.40. The van der Waals surface area contributed by atoms with Gasteiger partial charge >= 0.3 is 0 Å². The Morgan fingerprint density at radius 2 is 2.16 bits per heavy atom. The van der Waals surface area contributed by atoms with Crippen molar-refractivity contribution in [3.05, 3.63) is 51.8 Å². The molecular formula is C14H17N3O2. The van der Waals surface area contributed by atoms with Crippen LogP contribution in [0, 0.1) is 0 Å². The zero-order chi connectivity index (χ0) is 13.8. The van der Waals surface area contributed by atoms with Gasteiger partial charge in [0.25, 0.3) is 5.56 Å². The van der Waals surface area contributed by atoms with Crippen molar-refractivity contribution in [3.8, 4) is 5.88 Å². The van der Waals surface area contributed by atoms with E-state index in [2.05, 4.69) is 15.0 Å². The van der Waals surface area contributed by atoms with Crippen LogP contribution in [0.5, 0.6) is 5.88 Å². The lowest BCUT2D eigenvalue weighted by Crippen LogP contribution is -2.14. The van der Waals surface area contributed by atoms with Gasteiger partial charge in [0, 0.05) is 24.8 Å². The molecule has 2 heterocycles. The number of hydrogen-bond acceptors (Lipinski definition) is 4.